The fourth-order valence-corrected chi connectivity index (χ4v) is 2.90. The summed E-state index contributed by atoms with van der Waals surface area (Å²) in [5.74, 6) is -0.332. The molecule has 2 fully saturated rings. The zero-order valence-electron chi connectivity index (χ0n) is 9.73. The molecule has 1 N–H and O–H groups in total. The van der Waals surface area contributed by atoms with Crippen LogP contribution in [-0.2, 0) is 14.3 Å². The third-order valence-corrected chi connectivity index (χ3v) is 4.04. The van der Waals surface area contributed by atoms with E-state index in [0.717, 1.165) is 12.8 Å². The predicted molar refractivity (Wildman–Crippen MR) is 57.7 cm³/mol. The van der Waals surface area contributed by atoms with Crippen molar-refractivity contribution in [3.63, 3.8) is 0 Å². The number of aliphatic hydroxyl groups is 1. The Bertz CT molecular complexity index is 436. The Kier molecular flexibility index (Phi) is 2.10. The molecule has 5 nitrogen and oxygen atoms in total. The van der Waals surface area contributed by atoms with Crippen LogP contribution in [0.15, 0.2) is 11.3 Å². The fraction of sp³-hybridized carbons (Fsp3) is 0.667. The summed E-state index contributed by atoms with van der Waals surface area (Å²) in [7, 11) is 1.33. The van der Waals surface area contributed by atoms with Gasteiger partial charge in [-0.15, -0.1) is 0 Å². The number of amides is 1. The second-order valence-corrected chi connectivity index (χ2v) is 5.07. The summed E-state index contributed by atoms with van der Waals surface area (Å²) in [5, 5.41) is 9.89. The van der Waals surface area contributed by atoms with Crippen LogP contribution in [0, 0.1) is 5.41 Å². The lowest BCUT2D eigenvalue weighted by atomic mass is 9.89. The van der Waals surface area contributed by atoms with Crippen molar-refractivity contribution in [1.82, 2.24) is 4.90 Å². The molecule has 1 saturated carbocycles. The lowest BCUT2D eigenvalue weighted by Crippen LogP contribution is -2.41. The van der Waals surface area contributed by atoms with Gasteiger partial charge in [0.05, 0.1) is 29.9 Å². The molecule has 1 saturated heterocycles. The lowest BCUT2D eigenvalue weighted by molar-refractivity contribution is -0.139. The van der Waals surface area contributed by atoms with Gasteiger partial charge in [-0.2, -0.15) is 0 Å². The van der Waals surface area contributed by atoms with Gasteiger partial charge in [-0.25, -0.2) is 4.79 Å². The molecular weight excluding hydrogens is 222 g/mol. The van der Waals surface area contributed by atoms with Crippen molar-refractivity contribution >= 4 is 11.9 Å². The SMILES string of the molecule is COC(=O)C1=C2[C@@H](O)CCN2C(=O)C2(CC2)C1. The van der Waals surface area contributed by atoms with Gasteiger partial charge in [0.2, 0.25) is 5.91 Å². The highest BCUT2D eigenvalue weighted by Gasteiger charge is 2.58. The van der Waals surface area contributed by atoms with Crippen LogP contribution in [0.5, 0.6) is 0 Å². The molecule has 1 aliphatic carbocycles. The molecule has 0 aromatic heterocycles. The molecule has 1 spiro atoms. The molecule has 0 aromatic rings. The number of aliphatic hydroxyl groups excluding tert-OH is 1. The van der Waals surface area contributed by atoms with Gasteiger partial charge in [-0.1, -0.05) is 0 Å². The second-order valence-electron chi connectivity index (χ2n) is 5.07. The van der Waals surface area contributed by atoms with Crippen LogP contribution < -0.4 is 0 Å². The second kappa shape index (κ2) is 3.32. The van der Waals surface area contributed by atoms with E-state index in [0.29, 0.717) is 30.7 Å². The van der Waals surface area contributed by atoms with Crippen molar-refractivity contribution < 1.29 is 19.4 Å². The van der Waals surface area contributed by atoms with Crippen molar-refractivity contribution in [2.45, 2.75) is 31.8 Å². The Morgan fingerprint density at radius 1 is 1.53 bits per heavy atom. The lowest BCUT2D eigenvalue weighted by Gasteiger charge is -2.32. The maximum atomic E-state index is 12.2. The van der Waals surface area contributed by atoms with Gasteiger partial charge in [0.1, 0.15) is 0 Å². The van der Waals surface area contributed by atoms with E-state index in [-0.39, 0.29) is 11.3 Å². The zero-order chi connectivity index (χ0) is 12.2. The van der Waals surface area contributed by atoms with Crippen molar-refractivity contribution in [2.24, 2.45) is 5.41 Å². The van der Waals surface area contributed by atoms with Crippen molar-refractivity contribution in [1.29, 1.82) is 0 Å². The molecule has 17 heavy (non-hydrogen) atoms. The highest BCUT2D eigenvalue weighted by molar-refractivity contribution is 5.97. The Morgan fingerprint density at radius 2 is 2.24 bits per heavy atom. The fourth-order valence-electron chi connectivity index (χ4n) is 2.90. The van der Waals surface area contributed by atoms with E-state index in [1.54, 1.807) is 4.90 Å². The van der Waals surface area contributed by atoms with Gasteiger partial charge in [0.25, 0.3) is 0 Å². The monoisotopic (exact) mass is 237 g/mol. The first kappa shape index (κ1) is 10.8. The molecule has 0 bridgehead atoms. The molecule has 3 aliphatic rings. The van der Waals surface area contributed by atoms with Crippen LogP contribution in [0.2, 0.25) is 0 Å². The number of nitrogens with zero attached hydrogens (tertiary/aromatic N) is 1. The summed E-state index contributed by atoms with van der Waals surface area (Å²) in [4.78, 5) is 25.6. The van der Waals surface area contributed by atoms with E-state index in [9.17, 15) is 14.7 Å². The Morgan fingerprint density at radius 3 is 2.82 bits per heavy atom. The van der Waals surface area contributed by atoms with Crippen molar-refractivity contribution in [3.05, 3.63) is 11.3 Å². The molecule has 2 aliphatic heterocycles. The first-order valence-electron chi connectivity index (χ1n) is 5.90. The zero-order valence-corrected chi connectivity index (χ0v) is 9.73. The topological polar surface area (TPSA) is 66.8 Å². The molecule has 0 aromatic carbocycles. The standard InChI is InChI=1S/C12H15NO4/c1-17-10(15)7-6-12(3-4-12)11(16)13-5-2-8(14)9(7)13/h8,14H,2-6H2,1H3/t8-/m0/s1. The predicted octanol–water partition coefficient (Wildman–Crippen LogP) is 0.191. The first-order chi connectivity index (χ1) is 8.09. The largest absolute Gasteiger partial charge is 0.466 e. The molecule has 0 unspecified atom stereocenters. The summed E-state index contributed by atoms with van der Waals surface area (Å²) in [6, 6.07) is 0. The molecular formula is C12H15NO4. The van der Waals surface area contributed by atoms with Crippen LogP contribution in [0.1, 0.15) is 25.7 Å². The van der Waals surface area contributed by atoms with Crippen LogP contribution in [-0.4, -0.2) is 41.6 Å². The normalized spacial score (nSPS) is 29.6. The summed E-state index contributed by atoms with van der Waals surface area (Å²) >= 11 is 0. The van der Waals surface area contributed by atoms with Crippen LogP contribution in [0.25, 0.3) is 0 Å². The van der Waals surface area contributed by atoms with Crippen molar-refractivity contribution in [2.75, 3.05) is 13.7 Å². The van der Waals surface area contributed by atoms with E-state index in [2.05, 4.69) is 0 Å². The summed E-state index contributed by atoms with van der Waals surface area (Å²) in [6.07, 6.45) is 1.92. The van der Waals surface area contributed by atoms with Gasteiger partial charge in [-0.3, -0.25) is 4.79 Å². The van der Waals surface area contributed by atoms with Crippen LogP contribution in [0.3, 0.4) is 0 Å². The highest BCUT2D eigenvalue weighted by atomic mass is 16.5. The minimum absolute atomic E-state index is 0.0803. The quantitative estimate of drug-likeness (QED) is 0.661. The van der Waals surface area contributed by atoms with E-state index >= 15 is 0 Å². The number of carbonyl (C=O) groups is 2. The maximum Gasteiger partial charge on any atom is 0.335 e. The maximum absolute atomic E-state index is 12.2. The number of fused-ring (bicyclic) bond motifs is 1. The Hall–Kier alpha value is -1.36. The number of methoxy groups -OCH3 is 1. The molecule has 3 rings (SSSR count). The number of ether oxygens (including phenoxy) is 1. The molecule has 1 amide bonds. The van der Waals surface area contributed by atoms with Gasteiger partial charge < -0.3 is 14.7 Å². The minimum atomic E-state index is -0.704. The van der Waals surface area contributed by atoms with Gasteiger partial charge in [-0.05, 0) is 25.7 Å². The summed E-state index contributed by atoms with van der Waals surface area (Å²) in [5.41, 5.74) is 0.617. The Labute approximate surface area is 99.0 Å². The number of hydrogen-bond acceptors (Lipinski definition) is 4. The van der Waals surface area contributed by atoms with Crippen LogP contribution >= 0.6 is 0 Å². The average Bonchev–Trinajstić information content (AvgIpc) is 3.00. The first-order valence-corrected chi connectivity index (χ1v) is 5.90. The number of carbonyl (C=O) groups excluding carboxylic acids is 2. The smallest absolute Gasteiger partial charge is 0.335 e. The van der Waals surface area contributed by atoms with Crippen LogP contribution in [0.4, 0.5) is 0 Å². The third-order valence-electron chi connectivity index (χ3n) is 4.04. The molecule has 0 radical (unpaired) electrons. The molecule has 5 heteroatoms. The molecule has 2 heterocycles. The highest BCUT2D eigenvalue weighted by Crippen LogP contribution is 2.56. The number of hydrogen-bond donors (Lipinski definition) is 1. The van der Waals surface area contributed by atoms with E-state index in [4.69, 9.17) is 4.74 Å². The minimum Gasteiger partial charge on any atom is -0.466 e. The number of esters is 1. The number of rotatable bonds is 1. The Balaban J connectivity index is 2.07. The summed E-state index contributed by atoms with van der Waals surface area (Å²) in [6.45, 7) is 0.511. The van der Waals surface area contributed by atoms with Gasteiger partial charge in [0, 0.05) is 6.54 Å². The third kappa shape index (κ3) is 1.35. The van der Waals surface area contributed by atoms with E-state index in [1.807, 2.05) is 0 Å². The summed E-state index contributed by atoms with van der Waals surface area (Å²) < 4.78 is 4.76. The molecule has 1 atom stereocenters. The van der Waals surface area contributed by atoms with Gasteiger partial charge in [0.15, 0.2) is 0 Å². The van der Waals surface area contributed by atoms with E-state index < -0.39 is 12.1 Å². The molecule has 92 valence electrons. The van der Waals surface area contributed by atoms with Crippen molar-refractivity contribution in [3.8, 4) is 0 Å². The van der Waals surface area contributed by atoms with E-state index in [1.165, 1.54) is 7.11 Å². The average molecular weight is 237 g/mol. The van der Waals surface area contributed by atoms with Gasteiger partial charge >= 0.3 is 5.97 Å².